The predicted molar refractivity (Wildman–Crippen MR) is 142 cm³/mol. The van der Waals surface area contributed by atoms with Crippen LogP contribution in [0.1, 0.15) is 57.2 Å². The maximum absolute atomic E-state index is 13.6. The van der Waals surface area contributed by atoms with Gasteiger partial charge in [0.25, 0.3) is 0 Å². The lowest BCUT2D eigenvalue weighted by Crippen LogP contribution is -2.51. The molecule has 37 heavy (non-hydrogen) atoms. The zero-order valence-electron chi connectivity index (χ0n) is 21.7. The molecule has 0 aliphatic carbocycles. The van der Waals surface area contributed by atoms with Crippen LogP contribution in [0.2, 0.25) is 0 Å². The quantitative estimate of drug-likeness (QED) is 0.284. The highest BCUT2D eigenvalue weighted by atomic mass is 16.4. The molecule has 2 saturated heterocycles. The van der Waals surface area contributed by atoms with Gasteiger partial charge in [-0.2, -0.15) is 0 Å². The van der Waals surface area contributed by atoms with Gasteiger partial charge >= 0.3 is 5.97 Å². The first kappa shape index (κ1) is 26.7. The van der Waals surface area contributed by atoms with E-state index in [1.807, 2.05) is 28.0 Å². The molecule has 10 nitrogen and oxygen atoms in total. The molecule has 2 aliphatic rings. The molecule has 3 atom stereocenters. The van der Waals surface area contributed by atoms with Crippen LogP contribution in [0, 0.1) is 5.41 Å². The normalized spacial score (nSPS) is 20.9. The molecule has 4 rings (SSSR count). The Morgan fingerprint density at radius 1 is 1.19 bits per heavy atom. The summed E-state index contributed by atoms with van der Waals surface area (Å²) >= 11 is 0. The SMILES string of the molecule is CCn1c(CC[C@@H]2CCCN2C(=O)[C@H]2CCCN2CC(=O)N[C@@H](C)C(=O)O)cc2ccc(C(=N)N)cc21. The zero-order chi connectivity index (χ0) is 26.7. The van der Waals surface area contributed by atoms with Crippen LogP contribution in [0.4, 0.5) is 0 Å². The largest absolute Gasteiger partial charge is 0.480 e. The first-order chi connectivity index (χ1) is 17.7. The minimum Gasteiger partial charge on any atom is -0.480 e. The summed E-state index contributed by atoms with van der Waals surface area (Å²) in [5.74, 6) is -1.31. The Hall–Kier alpha value is -3.40. The van der Waals surface area contributed by atoms with Crippen molar-refractivity contribution in [2.24, 2.45) is 5.73 Å². The Morgan fingerprint density at radius 3 is 2.65 bits per heavy atom. The number of benzene rings is 1. The zero-order valence-corrected chi connectivity index (χ0v) is 21.7. The number of fused-ring (bicyclic) bond motifs is 1. The first-order valence-electron chi connectivity index (χ1n) is 13.2. The second kappa shape index (κ2) is 11.3. The van der Waals surface area contributed by atoms with Crippen molar-refractivity contribution < 1.29 is 19.5 Å². The third-order valence-corrected chi connectivity index (χ3v) is 7.75. The van der Waals surface area contributed by atoms with E-state index in [1.54, 1.807) is 0 Å². The molecule has 1 aromatic carbocycles. The maximum Gasteiger partial charge on any atom is 0.325 e. The van der Waals surface area contributed by atoms with Crippen molar-refractivity contribution in [3.8, 4) is 0 Å². The van der Waals surface area contributed by atoms with Gasteiger partial charge in [-0.1, -0.05) is 12.1 Å². The van der Waals surface area contributed by atoms with Gasteiger partial charge in [0.1, 0.15) is 11.9 Å². The summed E-state index contributed by atoms with van der Waals surface area (Å²) in [5.41, 5.74) is 8.69. The summed E-state index contributed by atoms with van der Waals surface area (Å²) in [7, 11) is 0. The second-order valence-electron chi connectivity index (χ2n) is 10.2. The minimum atomic E-state index is -1.08. The number of carboxylic acid groups (broad SMARTS) is 1. The molecule has 1 aromatic heterocycles. The lowest BCUT2D eigenvalue weighted by Gasteiger charge is -2.31. The van der Waals surface area contributed by atoms with Gasteiger partial charge in [0.2, 0.25) is 11.8 Å². The van der Waals surface area contributed by atoms with Crippen molar-refractivity contribution in [1.82, 2.24) is 19.7 Å². The molecule has 0 radical (unpaired) electrons. The van der Waals surface area contributed by atoms with Crippen LogP contribution in [0.15, 0.2) is 24.3 Å². The number of carbonyl (C=O) groups is 3. The van der Waals surface area contributed by atoms with Crippen LogP contribution in [-0.2, 0) is 27.3 Å². The van der Waals surface area contributed by atoms with Crippen LogP contribution in [0.5, 0.6) is 0 Å². The summed E-state index contributed by atoms with van der Waals surface area (Å²) in [4.78, 5) is 40.9. The van der Waals surface area contributed by atoms with Crippen LogP contribution in [0.3, 0.4) is 0 Å². The van der Waals surface area contributed by atoms with Gasteiger partial charge in [-0.05, 0) is 76.4 Å². The molecule has 2 aliphatic heterocycles. The van der Waals surface area contributed by atoms with Gasteiger partial charge in [0, 0.05) is 35.9 Å². The Balaban J connectivity index is 1.41. The summed E-state index contributed by atoms with van der Waals surface area (Å²) < 4.78 is 2.26. The Kier molecular flexibility index (Phi) is 8.16. The highest BCUT2D eigenvalue weighted by molar-refractivity contribution is 5.98. The van der Waals surface area contributed by atoms with E-state index in [2.05, 4.69) is 22.9 Å². The van der Waals surface area contributed by atoms with Gasteiger partial charge in [-0.25, -0.2) is 0 Å². The summed E-state index contributed by atoms with van der Waals surface area (Å²) in [6.45, 7) is 5.77. The molecule has 10 heteroatoms. The monoisotopic (exact) mass is 510 g/mol. The molecule has 2 fully saturated rings. The van der Waals surface area contributed by atoms with Gasteiger partial charge in [-0.15, -0.1) is 0 Å². The number of nitrogens with two attached hydrogens (primary N) is 1. The van der Waals surface area contributed by atoms with Crippen molar-refractivity contribution in [3.63, 3.8) is 0 Å². The van der Waals surface area contributed by atoms with Crippen LogP contribution >= 0.6 is 0 Å². The average molecular weight is 511 g/mol. The number of hydrogen-bond donors (Lipinski definition) is 4. The van der Waals surface area contributed by atoms with Crippen molar-refractivity contribution >= 4 is 34.5 Å². The van der Waals surface area contributed by atoms with Gasteiger partial charge in [0.15, 0.2) is 0 Å². The molecule has 3 heterocycles. The van der Waals surface area contributed by atoms with Crippen LogP contribution in [0.25, 0.3) is 10.9 Å². The number of aromatic nitrogens is 1. The standard InChI is InChI=1S/C27H38N6O4/c1-3-32-21(14-18-8-9-19(25(28)29)15-23(18)32)11-10-20-6-4-13-33(20)26(35)22-7-5-12-31(22)16-24(34)30-17(2)27(36)37/h8-9,14-15,17,20,22H,3-7,10-13,16H2,1-2H3,(H3,28,29)(H,30,34)(H,36,37)/t17-,20-,22+/m0/s1. The number of likely N-dealkylation sites (tertiary alicyclic amines) is 2. The van der Waals surface area contributed by atoms with E-state index in [1.165, 1.54) is 12.6 Å². The number of amides is 2. The van der Waals surface area contributed by atoms with E-state index >= 15 is 0 Å². The fraction of sp³-hybridized carbons (Fsp3) is 0.556. The highest BCUT2D eigenvalue weighted by Gasteiger charge is 2.38. The van der Waals surface area contributed by atoms with E-state index in [4.69, 9.17) is 16.2 Å². The van der Waals surface area contributed by atoms with Crippen molar-refractivity contribution in [3.05, 3.63) is 35.5 Å². The molecule has 200 valence electrons. The lowest BCUT2D eigenvalue weighted by atomic mass is 10.1. The molecular weight excluding hydrogens is 472 g/mol. The molecule has 0 bridgehead atoms. The third kappa shape index (κ3) is 5.79. The molecule has 2 amide bonds. The van der Waals surface area contributed by atoms with E-state index < -0.39 is 12.0 Å². The number of nitrogens with one attached hydrogen (secondary N) is 2. The Labute approximate surface area is 217 Å². The number of aryl methyl sites for hydroxylation is 2. The lowest BCUT2D eigenvalue weighted by molar-refractivity contribution is -0.142. The smallest absolute Gasteiger partial charge is 0.325 e. The summed E-state index contributed by atoms with van der Waals surface area (Å²) in [5, 5.41) is 20.4. The molecule has 5 N–H and O–H groups in total. The number of aliphatic carboxylic acids is 1. The van der Waals surface area contributed by atoms with Gasteiger partial charge in [-0.3, -0.25) is 24.7 Å². The molecule has 0 spiro atoms. The number of carbonyl (C=O) groups excluding carboxylic acids is 2. The van der Waals surface area contributed by atoms with E-state index in [0.29, 0.717) is 18.5 Å². The van der Waals surface area contributed by atoms with Crippen LogP contribution < -0.4 is 11.1 Å². The Bertz CT molecular complexity index is 1190. The highest BCUT2D eigenvalue weighted by Crippen LogP contribution is 2.28. The number of nitrogens with zero attached hydrogens (tertiary/aromatic N) is 3. The topological polar surface area (TPSA) is 145 Å². The third-order valence-electron chi connectivity index (χ3n) is 7.75. The first-order valence-corrected chi connectivity index (χ1v) is 13.2. The fourth-order valence-corrected chi connectivity index (χ4v) is 5.82. The predicted octanol–water partition coefficient (Wildman–Crippen LogP) is 1.92. The van der Waals surface area contributed by atoms with E-state index in [-0.39, 0.29) is 36.3 Å². The minimum absolute atomic E-state index is 0.0331. The number of nitrogen functional groups attached to an aromatic ring is 1. The van der Waals surface area contributed by atoms with Crippen LogP contribution in [-0.4, -0.2) is 80.9 Å². The molecule has 0 saturated carbocycles. The summed E-state index contributed by atoms with van der Waals surface area (Å²) in [6, 6.07) is 6.92. The summed E-state index contributed by atoms with van der Waals surface area (Å²) in [6.07, 6.45) is 5.21. The maximum atomic E-state index is 13.6. The van der Waals surface area contributed by atoms with Crippen molar-refractivity contribution in [2.45, 2.75) is 77.0 Å². The number of amidine groups is 1. The van der Waals surface area contributed by atoms with Crippen molar-refractivity contribution in [2.75, 3.05) is 19.6 Å². The number of rotatable bonds is 10. The molecule has 2 aromatic rings. The van der Waals surface area contributed by atoms with Gasteiger partial charge in [0.05, 0.1) is 12.6 Å². The number of carboxylic acids is 1. The Morgan fingerprint density at radius 2 is 1.95 bits per heavy atom. The van der Waals surface area contributed by atoms with Gasteiger partial charge < -0.3 is 25.6 Å². The fourth-order valence-electron chi connectivity index (χ4n) is 5.82. The second-order valence-corrected chi connectivity index (χ2v) is 10.2. The van der Waals surface area contributed by atoms with E-state index in [9.17, 15) is 14.4 Å². The average Bonchev–Trinajstić information content (AvgIpc) is 3.59. The van der Waals surface area contributed by atoms with E-state index in [0.717, 1.165) is 56.1 Å². The number of hydrogen-bond acceptors (Lipinski definition) is 5. The molecular formula is C27H38N6O4. The van der Waals surface area contributed by atoms with Crippen molar-refractivity contribution in [1.29, 1.82) is 5.41 Å². The molecule has 0 unspecified atom stereocenters.